The maximum Gasteiger partial charge on any atom is 0.163 e. The van der Waals surface area contributed by atoms with Crippen molar-refractivity contribution in [2.45, 2.75) is 32.6 Å². The topological polar surface area (TPSA) is 68.5 Å². The maximum absolute atomic E-state index is 5.68. The van der Waals surface area contributed by atoms with Crippen LogP contribution in [0.3, 0.4) is 0 Å². The molecule has 4 heterocycles. The molecule has 2 atom stereocenters. The number of fused-ring (bicyclic) bond motifs is 1. The van der Waals surface area contributed by atoms with Crippen LogP contribution in [-0.4, -0.2) is 76.2 Å². The lowest BCUT2D eigenvalue weighted by molar-refractivity contribution is -0.0219. The summed E-state index contributed by atoms with van der Waals surface area (Å²) in [4.78, 5) is 14.3. The number of nitrogens with zero attached hydrogens (tertiary/aromatic N) is 6. The minimum Gasteiger partial charge on any atom is -0.376 e. The number of morpholine rings is 2. The first-order valence-corrected chi connectivity index (χ1v) is 8.99. The zero-order chi connectivity index (χ0) is 17.4. The number of hydrogen-bond acceptors (Lipinski definition) is 7. The van der Waals surface area contributed by atoms with Crippen molar-refractivity contribution in [2.75, 3.05) is 44.3 Å². The van der Waals surface area contributed by atoms with Crippen LogP contribution in [0.25, 0.3) is 11.0 Å². The van der Waals surface area contributed by atoms with Gasteiger partial charge in [0.05, 0.1) is 43.5 Å². The molecule has 136 valence electrons. The standard InChI is InChI=1S/C17H26N6O2/c1-12-9-22(4-6-24-12)11-15-19-16-14(8-18-21(16)3)17(20-15)23-5-7-25-13(2)10-23/h8,12-13H,4-7,9-11H2,1-3H3/t12-,13+/m0/s1. The highest BCUT2D eigenvalue weighted by Crippen LogP contribution is 2.25. The Bertz CT molecular complexity index is 748. The van der Waals surface area contributed by atoms with Crippen LogP contribution in [0.1, 0.15) is 19.7 Å². The molecule has 2 aliphatic heterocycles. The maximum atomic E-state index is 5.68. The van der Waals surface area contributed by atoms with Crippen molar-refractivity contribution >= 4 is 16.9 Å². The van der Waals surface area contributed by atoms with Crippen LogP contribution in [0.4, 0.5) is 5.82 Å². The molecule has 4 rings (SSSR count). The fourth-order valence-electron chi connectivity index (χ4n) is 3.61. The van der Waals surface area contributed by atoms with E-state index in [0.29, 0.717) is 0 Å². The number of aryl methyl sites for hydroxylation is 1. The average Bonchev–Trinajstić information content (AvgIpc) is 2.96. The molecule has 8 nitrogen and oxygen atoms in total. The Morgan fingerprint density at radius 2 is 1.84 bits per heavy atom. The van der Waals surface area contributed by atoms with Crippen LogP contribution in [0.5, 0.6) is 0 Å². The van der Waals surface area contributed by atoms with E-state index in [2.05, 4.69) is 28.7 Å². The number of anilines is 1. The normalized spacial score (nSPS) is 25.6. The summed E-state index contributed by atoms with van der Waals surface area (Å²) in [7, 11) is 1.93. The third-order valence-corrected chi connectivity index (χ3v) is 4.85. The van der Waals surface area contributed by atoms with Gasteiger partial charge in [-0.2, -0.15) is 5.10 Å². The Kier molecular flexibility index (Phi) is 4.58. The summed E-state index contributed by atoms with van der Waals surface area (Å²) in [6.45, 7) is 9.96. The number of hydrogen-bond donors (Lipinski definition) is 0. The summed E-state index contributed by atoms with van der Waals surface area (Å²) in [6, 6.07) is 0. The van der Waals surface area contributed by atoms with Crippen molar-refractivity contribution in [3.8, 4) is 0 Å². The van der Waals surface area contributed by atoms with E-state index in [1.165, 1.54) is 0 Å². The van der Waals surface area contributed by atoms with Gasteiger partial charge in [-0.15, -0.1) is 0 Å². The third-order valence-electron chi connectivity index (χ3n) is 4.85. The summed E-state index contributed by atoms with van der Waals surface area (Å²) >= 11 is 0. The zero-order valence-electron chi connectivity index (χ0n) is 15.2. The molecule has 0 aliphatic carbocycles. The van der Waals surface area contributed by atoms with Gasteiger partial charge < -0.3 is 14.4 Å². The highest BCUT2D eigenvalue weighted by molar-refractivity contribution is 5.87. The largest absolute Gasteiger partial charge is 0.376 e. The molecule has 0 aromatic carbocycles. The van der Waals surface area contributed by atoms with Gasteiger partial charge in [0.25, 0.3) is 0 Å². The molecule has 2 aromatic rings. The predicted molar refractivity (Wildman–Crippen MR) is 94.6 cm³/mol. The molecule has 0 spiro atoms. The molecule has 0 radical (unpaired) electrons. The van der Waals surface area contributed by atoms with Crippen molar-refractivity contribution < 1.29 is 9.47 Å². The first-order valence-electron chi connectivity index (χ1n) is 8.99. The fourth-order valence-corrected chi connectivity index (χ4v) is 3.61. The van der Waals surface area contributed by atoms with Crippen molar-refractivity contribution in [1.82, 2.24) is 24.6 Å². The number of rotatable bonds is 3. The van der Waals surface area contributed by atoms with Gasteiger partial charge in [0, 0.05) is 33.2 Å². The van der Waals surface area contributed by atoms with Crippen molar-refractivity contribution in [1.29, 1.82) is 0 Å². The average molecular weight is 346 g/mol. The van der Waals surface area contributed by atoms with Crippen LogP contribution in [0.2, 0.25) is 0 Å². The SMILES string of the molecule is C[C@@H]1CN(c2nc(CN3CCO[C@@H](C)C3)nc3c2cnn3C)CCO1. The van der Waals surface area contributed by atoms with Gasteiger partial charge in [-0.3, -0.25) is 9.58 Å². The zero-order valence-corrected chi connectivity index (χ0v) is 15.2. The third kappa shape index (κ3) is 3.47. The van der Waals surface area contributed by atoms with E-state index >= 15 is 0 Å². The summed E-state index contributed by atoms with van der Waals surface area (Å²) in [5.41, 5.74) is 0.889. The lowest BCUT2D eigenvalue weighted by atomic mass is 10.2. The second-order valence-corrected chi connectivity index (χ2v) is 7.01. The van der Waals surface area contributed by atoms with Gasteiger partial charge in [-0.05, 0) is 13.8 Å². The Balaban J connectivity index is 1.66. The van der Waals surface area contributed by atoms with Crippen LogP contribution in [0, 0.1) is 0 Å². The highest BCUT2D eigenvalue weighted by Gasteiger charge is 2.24. The lowest BCUT2D eigenvalue weighted by Crippen LogP contribution is -2.42. The Morgan fingerprint density at radius 1 is 1.08 bits per heavy atom. The van der Waals surface area contributed by atoms with Gasteiger partial charge >= 0.3 is 0 Å². The molecule has 0 bridgehead atoms. The smallest absolute Gasteiger partial charge is 0.163 e. The Morgan fingerprint density at radius 3 is 2.60 bits per heavy atom. The monoisotopic (exact) mass is 346 g/mol. The molecule has 2 aliphatic rings. The summed E-state index contributed by atoms with van der Waals surface area (Å²) in [5, 5.41) is 5.40. The quantitative estimate of drug-likeness (QED) is 0.814. The second kappa shape index (κ2) is 6.86. The van der Waals surface area contributed by atoms with E-state index in [4.69, 9.17) is 19.4 Å². The molecule has 25 heavy (non-hydrogen) atoms. The van der Waals surface area contributed by atoms with Crippen LogP contribution in [0.15, 0.2) is 6.20 Å². The molecule has 2 fully saturated rings. The summed E-state index contributed by atoms with van der Waals surface area (Å²) in [5.74, 6) is 1.82. The minimum absolute atomic E-state index is 0.207. The van der Waals surface area contributed by atoms with Crippen molar-refractivity contribution in [3.63, 3.8) is 0 Å². The van der Waals surface area contributed by atoms with Crippen molar-refractivity contribution in [2.24, 2.45) is 7.05 Å². The van der Waals surface area contributed by atoms with E-state index in [-0.39, 0.29) is 12.2 Å². The number of ether oxygens (including phenoxy) is 2. The predicted octanol–water partition coefficient (Wildman–Crippen LogP) is 0.809. The van der Waals surface area contributed by atoms with E-state index in [0.717, 1.165) is 68.6 Å². The molecule has 2 saturated heterocycles. The van der Waals surface area contributed by atoms with Gasteiger partial charge in [0.15, 0.2) is 5.65 Å². The first kappa shape index (κ1) is 16.7. The Hall–Kier alpha value is -1.77. The van der Waals surface area contributed by atoms with E-state index in [1.54, 1.807) is 0 Å². The van der Waals surface area contributed by atoms with Gasteiger partial charge in [-0.25, -0.2) is 9.97 Å². The molecule has 0 N–H and O–H groups in total. The molecule has 8 heteroatoms. The molecule has 2 aromatic heterocycles. The minimum atomic E-state index is 0.207. The van der Waals surface area contributed by atoms with E-state index < -0.39 is 0 Å². The molecular weight excluding hydrogens is 320 g/mol. The van der Waals surface area contributed by atoms with Crippen LogP contribution in [-0.2, 0) is 23.1 Å². The molecule has 0 amide bonds. The second-order valence-electron chi connectivity index (χ2n) is 7.01. The number of aromatic nitrogens is 4. The molecule has 0 saturated carbocycles. The summed E-state index contributed by atoms with van der Waals surface area (Å²) < 4.78 is 13.1. The van der Waals surface area contributed by atoms with Gasteiger partial charge in [0.2, 0.25) is 0 Å². The Labute approximate surface area is 147 Å². The first-order chi connectivity index (χ1) is 12.1. The van der Waals surface area contributed by atoms with Crippen LogP contribution < -0.4 is 4.90 Å². The highest BCUT2D eigenvalue weighted by atomic mass is 16.5. The molecular formula is C17H26N6O2. The van der Waals surface area contributed by atoms with Crippen LogP contribution >= 0.6 is 0 Å². The van der Waals surface area contributed by atoms with Crippen molar-refractivity contribution in [3.05, 3.63) is 12.0 Å². The van der Waals surface area contributed by atoms with E-state index in [1.807, 2.05) is 17.9 Å². The fraction of sp³-hybridized carbons (Fsp3) is 0.706. The van der Waals surface area contributed by atoms with E-state index in [9.17, 15) is 0 Å². The lowest BCUT2D eigenvalue weighted by Gasteiger charge is -2.33. The van der Waals surface area contributed by atoms with Gasteiger partial charge in [0.1, 0.15) is 11.6 Å². The molecule has 0 unspecified atom stereocenters. The van der Waals surface area contributed by atoms with Gasteiger partial charge in [-0.1, -0.05) is 0 Å². The summed E-state index contributed by atoms with van der Waals surface area (Å²) in [6.07, 6.45) is 2.33.